The summed E-state index contributed by atoms with van der Waals surface area (Å²) in [6.45, 7) is 14.0. The molecule has 0 amide bonds. The first-order valence-corrected chi connectivity index (χ1v) is 13.8. The maximum absolute atomic E-state index is 13.9. The molecule has 0 saturated carbocycles. The minimum atomic E-state index is -3.48. The van der Waals surface area contributed by atoms with Crippen LogP contribution in [0.2, 0.25) is 0 Å². The highest BCUT2D eigenvalue weighted by Crippen LogP contribution is 2.49. The number of ether oxygens (including phenoxy) is 2. The summed E-state index contributed by atoms with van der Waals surface area (Å²) in [7, 11) is -3.48. The Balaban J connectivity index is 2.55. The quantitative estimate of drug-likeness (QED) is 0.0974. The monoisotopic (exact) mass is 508 g/mol. The van der Waals surface area contributed by atoms with E-state index in [0.717, 1.165) is 80.2 Å². The molecule has 0 heterocycles. The van der Waals surface area contributed by atoms with Crippen molar-refractivity contribution in [2.45, 2.75) is 72.1 Å². The van der Waals surface area contributed by atoms with Crippen LogP contribution in [0.5, 0.6) is 0 Å². The highest BCUT2D eigenvalue weighted by atomic mass is 31.2. The van der Waals surface area contributed by atoms with E-state index in [-0.39, 0.29) is 0 Å². The van der Waals surface area contributed by atoms with Crippen LogP contribution in [0.25, 0.3) is 0 Å². The standard InChI is InChI=1S/C27H41O7P/c1-6-25(28)31-16-12-8-10-14-18-33-35(30,27-23(4)20-22(3)21-24(27)5)34-19-15-11-9-13-17-32-26(29)7-2/h6-7,20-21H,1-2,8-19H2,3-5H3. The van der Waals surface area contributed by atoms with E-state index in [2.05, 4.69) is 13.2 Å². The van der Waals surface area contributed by atoms with Crippen LogP contribution < -0.4 is 5.30 Å². The Labute approximate surface area is 210 Å². The van der Waals surface area contributed by atoms with E-state index in [9.17, 15) is 14.2 Å². The molecule has 196 valence electrons. The Morgan fingerprint density at radius 1 is 0.714 bits per heavy atom. The third-order valence-corrected chi connectivity index (χ3v) is 7.63. The van der Waals surface area contributed by atoms with Crippen molar-refractivity contribution in [3.8, 4) is 0 Å². The van der Waals surface area contributed by atoms with Crippen molar-refractivity contribution in [2.24, 2.45) is 0 Å². The van der Waals surface area contributed by atoms with E-state index in [1.807, 2.05) is 32.9 Å². The molecular weight excluding hydrogens is 467 g/mol. The summed E-state index contributed by atoms with van der Waals surface area (Å²) in [5.74, 6) is -0.822. The summed E-state index contributed by atoms with van der Waals surface area (Å²) in [6, 6.07) is 3.99. The van der Waals surface area contributed by atoms with Crippen LogP contribution in [0.3, 0.4) is 0 Å². The lowest BCUT2D eigenvalue weighted by molar-refractivity contribution is -0.138. The van der Waals surface area contributed by atoms with Gasteiger partial charge in [0.15, 0.2) is 0 Å². The van der Waals surface area contributed by atoms with E-state index < -0.39 is 19.5 Å². The van der Waals surface area contributed by atoms with Gasteiger partial charge >= 0.3 is 19.5 Å². The number of rotatable bonds is 19. The van der Waals surface area contributed by atoms with E-state index in [1.54, 1.807) is 0 Å². The van der Waals surface area contributed by atoms with E-state index in [4.69, 9.17) is 18.5 Å². The Bertz CT molecular complexity index is 815. The summed E-state index contributed by atoms with van der Waals surface area (Å²) in [4.78, 5) is 22.1. The van der Waals surface area contributed by atoms with Gasteiger partial charge < -0.3 is 18.5 Å². The molecule has 0 radical (unpaired) electrons. The van der Waals surface area contributed by atoms with Gasteiger partial charge in [-0.3, -0.25) is 4.57 Å². The molecule has 0 aliphatic carbocycles. The topological polar surface area (TPSA) is 88.1 Å². The molecule has 0 spiro atoms. The van der Waals surface area contributed by atoms with Crippen LogP contribution in [0, 0.1) is 20.8 Å². The predicted octanol–water partition coefficient (Wildman–Crippen LogP) is 6.04. The maximum atomic E-state index is 13.9. The zero-order chi connectivity index (χ0) is 26.1. The lowest BCUT2D eigenvalue weighted by atomic mass is 10.1. The van der Waals surface area contributed by atoms with Gasteiger partial charge in [0.05, 0.1) is 31.7 Å². The van der Waals surface area contributed by atoms with Gasteiger partial charge in [0.1, 0.15) is 0 Å². The Morgan fingerprint density at radius 3 is 1.46 bits per heavy atom. The normalized spacial score (nSPS) is 11.2. The number of unbranched alkanes of at least 4 members (excludes halogenated alkanes) is 6. The first kappa shape index (κ1) is 30.8. The van der Waals surface area contributed by atoms with Gasteiger partial charge in [-0.25, -0.2) is 9.59 Å². The van der Waals surface area contributed by atoms with Crippen molar-refractivity contribution in [3.05, 3.63) is 54.1 Å². The number of esters is 2. The molecule has 0 aliphatic heterocycles. The molecule has 1 aromatic rings. The molecule has 0 fully saturated rings. The van der Waals surface area contributed by atoms with Crippen molar-refractivity contribution in [3.63, 3.8) is 0 Å². The highest BCUT2D eigenvalue weighted by Gasteiger charge is 2.31. The van der Waals surface area contributed by atoms with Crippen LogP contribution in [0.4, 0.5) is 0 Å². The van der Waals surface area contributed by atoms with Gasteiger partial charge in [0.25, 0.3) is 0 Å². The largest absolute Gasteiger partial charge is 0.463 e. The number of benzene rings is 1. The lowest BCUT2D eigenvalue weighted by Gasteiger charge is -2.23. The predicted molar refractivity (Wildman–Crippen MR) is 139 cm³/mol. The number of aryl methyl sites for hydroxylation is 3. The fourth-order valence-corrected chi connectivity index (χ4v) is 5.78. The zero-order valence-corrected chi connectivity index (χ0v) is 22.4. The lowest BCUT2D eigenvalue weighted by Crippen LogP contribution is -2.18. The average Bonchev–Trinajstić information content (AvgIpc) is 2.81. The zero-order valence-electron chi connectivity index (χ0n) is 21.5. The number of hydrogen-bond donors (Lipinski definition) is 0. The molecule has 0 aromatic heterocycles. The van der Waals surface area contributed by atoms with Crippen molar-refractivity contribution >= 4 is 24.8 Å². The molecule has 0 aliphatic rings. The summed E-state index contributed by atoms with van der Waals surface area (Å²) in [5.41, 5.74) is 2.91. The van der Waals surface area contributed by atoms with Crippen molar-refractivity contribution in [1.82, 2.24) is 0 Å². The number of carbonyl (C=O) groups is 2. The highest BCUT2D eigenvalue weighted by molar-refractivity contribution is 7.62. The second-order valence-electron chi connectivity index (χ2n) is 8.48. The Hall–Kier alpha value is -2.21. The van der Waals surface area contributed by atoms with Gasteiger partial charge in [-0.2, -0.15) is 0 Å². The van der Waals surface area contributed by atoms with E-state index in [0.29, 0.717) is 31.7 Å². The van der Waals surface area contributed by atoms with E-state index >= 15 is 0 Å². The van der Waals surface area contributed by atoms with Crippen molar-refractivity contribution in [2.75, 3.05) is 26.4 Å². The molecule has 7 nitrogen and oxygen atoms in total. The van der Waals surface area contributed by atoms with Crippen LogP contribution in [-0.4, -0.2) is 38.4 Å². The van der Waals surface area contributed by atoms with Gasteiger partial charge in [-0.05, 0) is 70.4 Å². The van der Waals surface area contributed by atoms with Gasteiger partial charge in [0.2, 0.25) is 0 Å². The average molecular weight is 509 g/mol. The molecule has 8 heteroatoms. The summed E-state index contributed by atoms with van der Waals surface area (Å²) in [6.07, 6.45) is 8.79. The third-order valence-electron chi connectivity index (χ3n) is 5.33. The van der Waals surface area contributed by atoms with Gasteiger partial charge in [0, 0.05) is 12.2 Å². The second kappa shape index (κ2) is 17.3. The Morgan fingerprint density at radius 2 is 1.09 bits per heavy atom. The van der Waals surface area contributed by atoms with Gasteiger partial charge in [-0.15, -0.1) is 0 Å². The fourth-order valence-electron chi connectivity index (χ4n) is 3.72. The molecule has 1 aromatic carbocycles. The summed E-state index contributed by atoms with van der Waals surface area (Å²) < 4.78 is 35.7. The third kappa shape index (κ3) is 12.4. The first-order chi connectivity index (χ1) is 16.7. The van der Waals surface area contributed by atoms with Crippen LogP contribution in [0.15, 0.2) is 37.4 Å². The summed E-state index contributed by atoms with van der Waals surface area (Å²) in [5, 5.41) is 0.649. The SMILES string of the molecule is C=CC(=O)OCCCCCCOP(=O)(OCCCCCCOC(=O)C=C)c1c(C)cc(C)cc1C. The summed E-state index contributed by atoms with van der Waals surface area (Å²) >= 11 is 0. The van der Waals surface area contributed by atoms with Crippen LogP contribution in [0.1, 0.15) is 68.1 Å². The number of hydrogen-bond acceptors (Lipinski definition) is 7. The molecule has 35 heavy (non-hydrogen) atoms. The smallest absolute Gasteiger partial charge is 0.361 e. The number of carbonyl (C=O) groups excluding carboxylic acids is 2. The Kier molecular flexibility index (Phi) is 15.2. The minimum absolute atomic E-state index is 0.325. The molecule has 0 atom stereocenters. The molecule has 0 saturated heterocycles. The van der Waals surface area contributed by atoms with Crippen LogP contribution in [-0.2, 0) is 32.7 Å². The first-order valence-electron chi connectivity index (χ1n) is 12.3. The van der Waals surface area contributed by atoms with Crippen molar-refractivity contribution in [1.29, 1.82) is 0 Å². The van der Waals surface area contributed by atoms with Gasteiger partial charge in [-0.1, -0.05) is 43.7 Å². The molecule has 0 bridgehead atoms. The van der Waals surface area contributed by atoms with Crippen LogP contribution >= 0.6 is 7.60 Å². The maximum Gasteiger partial charge on any atom is 0.361 e. The molecule has 1 rings (SSSR count). The van der Waals surface area contributed by atoms with E-state index in [1.165, 1.54) is 0 Å². The molecular formula is C27H41O7P. The second-order valence-corrected chi connectivity index (χ2v) is 10.4. The molecule has 0 unspecified atom stereocenters. The fraction of sp³-hybridized carbons (Fsp3) is 0.556. The van der Waals surface area contributed by atoms with Crippen molar-refractivity contribution < 1.29 is 32.7 Å². The molecule has 0 N–H and O–H groups in total. The minimum Gasteiger partial charge on any atom is -0.463 e.